The first-order valence-electron chi connectivity index (χ1n) is 5.31. The lowest BCUT2D eigenvalue weighted by atomic mass is 10.0. The van der Waals surface area contributed by atoms with Crippen molar-refractivity contribution >= 4 is 15.9 Å². The Kier molecular flexibility index (Phi) is 3.24. The highest BCUT2D eigenvalue weighted by atomic mass is 79.9. The van der Waals surface area contributed by atoms with Crippen molar-refractivity contribution in [3.63, 3.8) is 0 Å². The molecule has 0 aliphatic carbocycles. The second-order valence-corrected chi connectivity index (χ2v) is 4.71. The van der Waals surface area contributed by atoms with Gasteiger partial charge >= 0.3 is 0 Å². The van der Waals surface area contributed by atoms with Gasteiger partial charge in [0.15, 0.2) is 10.6 Å². The van der Waals surface area contributed by atoms with Gasteiger partial charge in [-0.3, -0.25) is 0 Å². The third-order valence-corrected chi connectivity index (χ3v) is 3.23. The summed E-state index contributed by atoms with van der Waals surface area (Å²) in [6.07, 6.45) is 0. The van der Waals surface area contributed by atoms with E-state index in [9.17, 15) is 0 Å². The van der Waals surface area contributed by atoms with Crippen molar-refractivity contribution in [2.75, 3.05) is 7.11 Å². The predicted molar refractivity (Wildman–Crippen MR) is 70.4 cm³/mol. The number of ether oxygens (including phenoxy) is 1. The van der Waals surface area contributed by atoms with E-state index in [1.165, 1.54) is 0 Å². The zero-order valence-electron chi connectivity index (χ0n) is 10.3. The minimum absolute atomic E-state index is 0.653. The molecule has 1 aromatic carbocycles. The fourth-order valence-electron chi connectivity index (χ4n) is 1.83. The summed E-state index contributed by atoms with van der Waals surface area (Å²) in [6.45, 7) is 5.89. The number of hydrogen-bond donors (Lipinski definition) is 0. The minimum Gasteiger partial charge on any atom is -0.496 e. The van der Waals surface area contributed by atoms with E-state index >= 15 is 0 Å². The molecule has 0 saturated carbocycles. The van der Waals surface area contributed by atoms with Gasteiger partial charge in [0.1, 0.15) is 11.4 Å². The summed E-state index contributed by atoms with van der Waals surface area (Å²) in [5.41, 5.74) is 4.10. The highest BCUT2D eigenvalue weighted by Crippen LogP contribution is 2.34. The maximum Gasteiger partial charge on any atom is 0.197 e. The standard InChI is InChI=1S/C13H14BrNO2/c1-7-6-11(16-4)8(2)5-10(7)12-13(14)17-9(3)15-12/h5-6H,1-4H3. The maximum atomic E-state index is 5.39. The minimum atomic E-state index is 0.653. The molecule has 0 aliphatic heterocycles. The monoisotopic (exact) mass is 295 g/mol. The van der Waals surface area contributed by atoms with Crippen molar-refractivity contribution in [2.24, 2.45) is 0 Å². The molecular weight excluding hydrogens is 282 g/mol. The van der Waals surface area contributed by atoms with Gasteiger partial charge in [-0.1, -0.05) is 0 Å². The molecular formula is C13H14BrNO2. The van der Waals surface area contributed by atoms with Crippen LogP contribution in [0.1, 0.15) is 17.0 Å². The molecule has 17 heavy (non-hydrogen) atoms. The lowest BCUT2D eigenvalue weighted by Crippen LogP contribution is -1.92. The number of aryl methyl sites for hydroxylation is 3. The lowest BCUT2D eigenvalue weighted by molar-refractivity contribution is 0.411. The van der Waals surface area contributed by atoms with Crippen LogP contribution in [0.5, 0.6) is 5.75 Å². The summed E-state index contributed by atoms with van der Waals surface area (Å²) in [5.74, 6) is 1.54. The second-order valence-electron chi connectivity index (χ2n) is 3.99. The van der Waals surface area contributed by atoms with E-state index in [2.05, 4.69) is 27.0 Å². The summed E-state index contributed by atoms with van der Waals surface area (Å²) in [7, 11) is 1.68. The van der Waals surface area contributed by atoms with Gasteiger partial charge in [-0.05, 0) is 53.0 Å². The molecule has 0 saturated heterocycles. The average Bonchev–Trinajstić information content (AvgIpc) is 2.60. The summed E-state index contributed by atoms with van der Waals surface area (Å²) in [6, 6.07) is 4.08. The van der Waals surface area contributed by atoms with Gasteiger partial charge in [-0.25, -0.2) is 4.98 Å². The number of rotatable bonds is 2. The summed E-state index contributed by atoms with van der Waals surface area (Å²) in [4.78, 5) is 4.38. The van der Waals surface area contributed by atoms with Gasteiger partial charge in [0.05, 0.1) is 7.11 Å². The van der Waals surface area contributed by atoms with Gasteiger partial charge in [0.2, 0.25) is 0 Å². The van der Waals surface area contributed by atoms with Gasteiger partial charge in [-0.2, -0.15) is 0 Å². The van der Waals surface area contributed by atoms with E-state index in [4.69, 9.17) is 9.15 Å². The van der Waals surface area contributed by atoms with Crippen LogP contribution >= 0.6 is 15.9 Å². The Morgan fingerprint density at radius 3 is 2.41 bits per heavy atom. The molecule has 2 rings (SSSR count). The molecule has 0 fully saturated rings. The number of oxazole rings is 1. The van der Waals surface area contributed by atoms with Crippen LogP contribution in [0.2, 0.25) is 0 Å². The Balaban J connectivity index is 2.60. The number of hydrogen-bond acceptors (Lipinski definition) is 3. The third kappa shape index (κ3) is 2.22. The van der Waals surface area contributed by atoms with Crippen molar-refractivity contribution in [3.05, 3.63) is 33.8 Å². The van der Waals surface area contributed by atoms with E-state index in [0.29, 0.717) is 10.6 Å². The molecule has 0 aliphatic rings. The van der Waals surface area contributed by atoms with E-state index < -0.39 is 0 Å². The molecule has 0 radical (unpaired) electrons. The Bertz CT molecular complexity index is 561. The van der Waals surface area contributed by atoms with Crippen molar-refractivity contribution in [2.45, 2.75) is 20.8 Å². The third-order valence-electron chi connectivity index (χ3n) is 2.69. The number of aromatic nitrogens is 1. The van der Waals surface area contributed by atoms with Crippen LogP contribution in [0.4, 0.5) is 0 Å². The SMILES string of the molecule is COc1cc(C)c(-c2nc(C)oc2Br)cc1C. The largest absolute Gasteiger partial charge is 0.496 e. The highest BCUT2D eigenvalue weighted by molar-refractivity contribution is 9.10. The van der Waals surface area contributed by atoms with Crippen LogP contribution in [-0.4, -0.2) is 12.1 Å². The molecule has 3 nitrogen and oxygen atoms in total. The summed E-state index contributed by atoms with van der Waals surface area (Å²) < 4.78 is 11.4. The molecule has 0 N–H and O–H groups in total. The average molecular weight is 296 g/mol. The molecule has 0 amide bonds. The normalized spacial score (nSPS) is 10.6. The number of halogens is 1. The molecule has 0 unspecified atom stereocenters. The first kappa shape index (κ1) is 12.2. The smallest absolute Gasteiger partial charge is 0.197 e. The van der Waals surface area contributed by atoms with E-state index in [-0.39, 0.29) is 0 Å². The maximum absolute atomic E-state index is 5.39. The Labute approximate surface area is 109 Å². The molecule has 90 valence electrons. The van der Waals surface area contributed by atoms with Crippen molar-refractivity contribution in [1.82, 2.24) is 4.98 Å². The Morgan fingerprint density at radius 1 is 1.18 bits per heavy atom. The van der Waals surface area contributed by atoms with Crippen LogP contribution in [0.25, 0.3) is 11.3 Å². The van der Waals surface area contributed by atoms with Crippen molar-refractivity contribution in [1.29, 1.82) is 0 Å². The fraction of sp³-hybridized carbons (Fsp3) is 0.308. The van der Waals surface area contributed by atoms with E-state index in [0.717, 1.165) is 28.1 Å². The Morgan fingerprint density at radius 2 is 1.88 bits per heavy atom. The zero-order valence-corrected chi connectivity index (χ0v) is 11.9. The quantitative estimate of drug-likeness (QED) is 0.839. The van der Waals surface area contributed by atoms with E-state index in [1.807, 2.05) is 26.8 Å². The molecule has 4 heteroatoms. The molecule has 0 bridgehead atoms. The fourth-order valence-corrected chi connectivity index (χ4v) is 2.37. The van der Waals surface area contributed by atoms with Crippen LogP contribution in [0, 0.1) is 20.8 Å². The first-order valence-corrected chi connectivity index (χ1v) is 6.10. The van der Waals surface area contributed by atoms with Gasteiger partial charge < -0.3 is 9.15 Å². The van der Waals surface area contributed by atoms with Gasteiger partial charge in [-0.15, -0.1) is 0 Å². The van der Waals surface area contributed by atoms with Gasteiger partial charge in [0.25, 0.3) is 0 Å². The second kappa shape index (κ2) is 4.53. The van der Waals surface area contributed by atoms with Crippen LogP contribution in [0.3, 0.4) is 0 Å². The van der Waals surface area contributed by atoms with Crippen molar-refractivity contribution in [3.8, 4) is 17.0 Å². The topological polar surface area (TPSA) is 35.3 Å². The lowest BCUT2D eigenvalue weighted by Gasteiger charge is -2.09. The van der Waals surface area contributed by atoms with Crippen LogP contribution in [-0.2, 0) is 0 Å². The van der Waals surface area contributed by atoms with Crippen molar-refractivity contribution < 1.29 is 9.15 Å². The van der Waals surface area contributed by atoms with Crippen LogP contribution < -0.4 is 4.74 Å². The van der Waals surface area contributed by atoms with E-state index in [1.54, 1.807) is 7.11 Å². The summed E-state index contributed by atoms with van der Waals surface area (Å²) >= 11 is 3.39. The predicted octanol–water partition coefficient (Wildman–Crippen LogP) is 4.04. The summed E-state index contributed by atoms with van der Waals surface area (Å²) in [5, 5.41) is 0. The molecule has 0 spiro atoms. The Hall–Kier alpha value is -1.29. The molecule has 2 aromatic rings. The number of nitrogens with zero attached hydrogens (tertiary/aromatic N) is 1. The molecule has 1 aromatic heterocycles. The van der Waals surface area contributed by atoms with Gasteiger partial charge in [0, 0.05) is 12.5 Å². The highest BCUT2D eigenvalue weighted by Gasteiger charge is 2.14. The zero-order chi connectivity index (χ0) is 12.6. The number of methoxy groups -OCH3 is 1. The number of benzene rings is 1. The molecule has 1 heterocycles. The first-order chi connectivity index (χ1) is 8.02. The molecule has 0 atom stereocenters. The van der Waals surface area contributed by atoms with Crippen LogP contribution in [0.15, 0.2) is 21.2 Å².